The number of hydrogen-bond donors (Lipinski definition) is 1. The van der Waals surface area contributed by atoms with Gasteiger partial charge in [-0.3, -0.25) is 9.10 Å². The molecule has 9 heteroatoms. The van der Waals surface area contributed by atoms with Gasteiger partial charge >= 0.3 is 0 Å². The van der Waals surface area contributed by atoms with E-state index < -0.39 is 20.7 Å². The summed E-state index contributed by atoms with van der Waals surface area (Å²) in [6.07, 6.45) is 0.312. The minimum absolute atomic E-state index is 0.251. The van der Waals surface area contributed by atoms with Crippen LogP contribution in [0.3, 0.4) is 0 Å². The molecule has 0 spiro atoms. The first-order chi connectivity index (χ1) is 13.9. The van der Waals surface area contributed by atoms with Crippen molar-refractivity contribution in [1.29, 1.82) is 0 Å². The average molecular weight is 418 g/mol. The zero-order valence-electron chi connectivity index (χ0n) is 16.3. The summed E-state index contributed by atoms with van der Waals surface area (Å²) in [5.74, 6) is 0.811. The molecule has 2 atom stereocenters. The summed E-state index contributed by atoms with van der Waals surface area (Å²) >= 11 is 0. The Balaban J connectivity index is 1.60. The zero-order chi connectivity index (χ0) is 20.8. The Morgan fingerprint density at radius 1 is 1.03 bits per heavy atom. The van der Waals surface area contributed by atoms with Crippen LogP contribution in [0.4, 0.5) is 11.4 Å². The van der Waals surface area contributed by atoms with Gasteiger partial charge in [-0.2, -0.15) is 0 Å². The van der Waals surface area contributed by atoms with Gasteiger partial charge in [-0.05, 0) is 42.8 Å². The van der Waals surface area contributed by atoms with Gasteiger partial charge in [-0.1, -0.05) is 0 Å². The molecule has 1 saturated heterocycles. The molecule has 4 rings (SSSR count). The maximum absolute atomic E-state index is 13.3. The molecule has 1 saturated carbocycles. The number of benzene rings is 2. The molecular weight excluding hydrogens is 396 g/mol. The highest BCUT2D eigenvalue weighted by Gasteiger charge is 2.75. The molecule has 2 fully saturated rings. The number of rotatable bonds is 6. The Morgan fingerprint density at radius 2 is 1.69 bits per heavy atom. The average Bonchev–Trinajstić information content (AvgIpc) is 3.43. The second kappa shape index (κ2) is 6.84. The molecule has 1 heterocycles. The Bertz CT molecular complexity index is 1050. The van der Waals surface area contributed by atoms with E-state index in [9.17, 15) is 13.2 Å². The molecule has 1 N–H and O–H groups in total. The van der Waals surface area contributed by atoms with Crippen molar-refractivity contribution in [2.75, 3.05) is 37.5 Å². The van der Waals surface area contributed by atoms with Gasteiger partial charge < -0.3 is 19.5 Å². The van der Waals surface area contributed by atoms with Crippen LogP contribution < -0.4 is 23.8 Å². The summed E-state index contributed by atoms with van der Waals surface area (Å²) < 4.78 is 42.0. The number of hydrogen-bond acceptors (Lipinski definition) is 6. The van der Waals surface area contributed by atoms with Gasteiger partial charge in [0, 0.05) is 18.5 Å². The molecular formula is C20H22N2O6S. The van der Waals surface area contributed by atoms with E-state index in [1.54, 1.807) is 49.6 Å². The first-order valence-corrected chi connectivity index (χ1v) is 10.5. The van der Waals surface area contributed by atoms with Crippen LogP contribution in [-0.4, -0.2) is 46.9 Å². The van der Waals surface area contributed by atoms with Crippen LogP contribution in [0.2, 0.25) is 0 Å². The van der Waals surface area contributed by atoms with Gasteiger partial charge in [0.25, 0.3) is 0 Å². The van der Waals surface area contributed by atoms with Crippen molar-refractivity contribution in [2.24, 2.45) is 5.92 Å². The fourth-order valence-electron chi connectivity index (χ4n) is 3.85. The topological polar surface area (TPSA) is 94.2 Å². The van der Waals surface area contributed by atoms with Gasteiger partial charge in [0.15, 0.2) is 4.75 Å². The maximum atomic E-state index is 13.3. The van der Waals surface area contributed by atoms with Crippen molar-refractivity contribution in [2.45, 2.75) is 11.2 Å². The molecule has 2 aromatic rings. The van der Waals surface area contributed by atoms with Gasteiger partial charge in [-0.25, -0.2) is 8.42 Å². The third kappa shape index (κ3) is 2.88. The van der Waals surface area contributed by atoms with E-state index in [2.05, 4.69) is 5.32 Å². The zero-order valence-corrected chi connectivity index (χ0v) is 17.2. The highest BCUT2D eigenvalue weighted by atomic mass is 32.2. The minimum Gasteiger partial charge on any atom is -0.497 e. The van der Waals surface area contributed by atoms with E-state index in [1.807, 2.05) is 0 Å². The van der Waals surface area contributed by atoms with Crippen LogP contribution >= 0.6 is 0 Å². The molecule has 2 aliphatic rings. The molecule has 0 radical (unpaired) electrons. The summed E-state index contributed by atoms with van der Waals surface area (Å²) in [6.45, 7) is 0.280. The van der Waals surface area contributed by atoms with E-state index in [0.717, 1.165) is 0 Å². The lowest BCUT2D eigenvalue weighted by molar-refractivity contribution is -0.116. The first-order valence-electron chi connectivity index (χ1n) is 9.07. The van der Waals surface area contributed by atoms with Gasteiger partial charge in [0.05, 0.1) is 32.7 Å². The van der Waals surface area contributed by atoms with Gasteiger partial charge in [-0.15, -0.1) is 0 Å². The molecule has 1 aliphatic heterocycles. The highest BCUT2D eigenvalue weighted by molar-refractivity contribution is 7.95. The quantitative estimate of drug-likeness (QED) is 0.773. The number of amides is 1. The molecule has 0 aromatic heterocycles. The fourth-order valence-corrected chi connectivity index (χ4v) is 6.21. The Kier molecular flexibility index (Phi) is 4.57. The Hall–Kier alpha value is -2.94. The van der Waals surface area contributed by atoms with Crippen LogP contribution in [0.1, 0.15) is 6.42 Å². The number of nitrogens with one attached hydrogen (secondary N) is 1. The monoisotopic (exact) mass is 418 g/mol. The number of nitrogens with zero attached hydrogens (tertiary/aromatic N) is 1. The van der Waals surface area contributed by atoms with E-state index in [4.69, 9.17) is 14.2 Å². The molecule has 1 aliphatic carbocycles. The number of methoxy groups -OCH3 is 3. The standard InChI is InChI=1S/C20H22N2O6S/c1-26-15-6-4-14(5-7-15)22-12-13-11-20(13,29(22,24)25)19(23)21-17-9-8-16(27-2)10-18(17)28-3/h4-10,13H,11-12H2,1-3H3,(H,21,23)/t13-,20-/m1/s1. The minimum atomic E-state index is -3.86. The van der Waals surface area contributed by atoms with E-state index >= 15 is 0 Å². The van der Waals surface area contributed by atoms with Crippen LogP contribution in [-0.2, 0) is 14.8 Å². The number of ether oxygens (including phenoxy) is 3. The lowest BCUT2D eigenvalue weighted by Gasteiger charge is -2.23. The maximum Gasteiger partial charge on any atom is 0.250 e. The van der Waals surface area contributed by atoms with Crippen LogP contribution in [0.25, 0.3) is 0 Å². The molecule has 1 amide bonds. The Morgan fingerprint density at radius 3 is 2.31 bits per heavy atom. The molecule has 154 valence electrons. The number of anilines is 2. The predicted molar refractivity (Wildman–Crippen MR) is 108 cm³/mol. The van der Waals surface area contributed by atoms with Gasteiger partial charge in [0.1, 0.15) is 17.2 Å². The SMILES string of the molecule is COc1ccc(N2C[C@H]3C[C@@]3(C(=O)Nc3ccc(OC)cc3OC)S2(=O)=O)cc1. The highest BCUT2D eigenvalue weighted by Crippen LogP contribution is 2.58. The smallest absolute Gasteiger partial charge is 0.250 e. The molecule has 0 bridgehead atoms. The lowest BCUT2D eigenvalue weighted by Crippen LogP contribution is -2.42. The van der Waals surface area contributed by atoms with Gasteiger partial charge in [0.2, 0.25) is 15.9 Å². The first kappa shape index (κ1) is 19.4. The van der Waals surface area contributed by atoms with Crippen LogP contribution in [0, 0.1) is 5.92 Å². The number of carbonyl (C=O) groups is 1. The predicted octanol–water partition coefficient (Wildman–Crippen LogP) is 2.26. The fraction of sp³-hybridized carbons (Fsp3) is 0.350. The summed E-state index contributed by atoms with van der Waals surface area (Å²) in [4.78, 5) is 13.1. The van der Waals surface area contributed by atoms with Crippen molar-refractivity contribution >= 4 is 27.3 Å². The Labute approximate surface area is 169 Å². The summed E-state index contributed by atoms with van der Waals surface area (Å²) in [6, 6.07) is 11.7. The van der Waals surface area contributed by atoms with E-state index in [-0.39, 0.29) is 12.5 Å². The summed E-state index contributed by atoms with van der Waals surface area (Å²) in [7, 11) is 0.682. The largest absolute Gasteiger partial charge is 0.497 e. The van der Waals surface area contributed by atoms with Crippen molar-refractivity contribution in [1.82, 2.24) is 0 Å². The summed E-state index contributed by atoms with van der Waals surface area (Å²) in [5.41, 5.74) is 0.920. The van der Waals surface area contributed by atoms with Crippen molar-refractivity contribution in [3.05, 3.63) is 42.5 Å². The van der Waals surface area contributed by atoms with Crippen molar-refractivity contribution in [3.8, 4) is 17.2 Å². The van der Waals surface area contributed by atoms with Crippen molar-refractivity contribution in [3.63, 3.8) is 0 Å². The van der Waals surface area contributed by atoms with E-state index in [0.29, 0.717) is 35.0 Å². The van der Waals surface area contributed by atoms with Crippen LogP contribution in [0.15, 0.2) is 42.5 Å². The third-order valence-electron chi connectivity index (χ3n) is 5.59. The lowest BCUT2D eigenvalue weighted by atomic mass is 10.2. The molecule has 0 unspecified atom stereocenters. The second-order valence-corrected chi connectivity index (χ2v) is 9.16. The van der Waals surface area contributed by atoms with E-state index in [1.165, 1.54) is 18.5 Å². The third-order valence-corrected chi connectivity index (χ3v) is 8.13. The number of sulfonamides is 1. The second-order valence-electron chi connectivity index (χ2n) is 7.05. The molecule has 29 heavy (non-hydrogen) atoms. The number of carbonyl (C=O) groups excluding carboxylic acids is 1. The summed E-state index contributed by atoms with van der Waals surface area (Å²) in [5, 5.41) is 2.74. The van der Waals surface area contributed by atoms with Crippen molar-refractivity contribution < 1.29 is 27.4 Å². The normalized spacial score (nSPS) is 23.8. The molecule has 2 aromatic carbocycles. The molecule has 8 nitrogen and oxygen atoms in total. The number of fused-ring (bicyclic) bond motifs is 1. The van der Waals surface area contributed by atoms with Crippen LogP contribution in [0.5, 0.6) is 17.2 Å².